The highest BCUT2D eigenvalue weighted by Crippen LogP contribution is 2.30. The maximum Gasteiger partial charge on any atom is 0.131 e. The molecule has 0 fully saturated rings. The van der Waals surface area contributed by atoms with Crippen molar-refractivity contribution in [1.29, 1.82) is 0 Å². The second kappa shape index (κ2) is 5.43. The number of rotatable bonds is 3. The van der Waals surface area contributed by atoms with Gasteiger partial charge in [0, 0.05) is 16.6 Å². The van der Waals surface area contributed by atoms with E-state index in [-0.39, 0.29) is 5.82 Å². The van der Waals surface area contributed by atoms with Crippen LogP contribution in [0.5, 0.6) is 0 Å². The van der Waals surface area contributed by atoms with Crippen molar-refractivity contribution < 1.29 is 4.39 Å². The zero-order valence-corrected chi connectivity index (χ0v) is 11.1. The summed E-state index contributed by atoms with van der Waals surface area (Å²) in [6.07, 6.45) is 0. The molecular weight excluding hydrogens is 281 g/mol. The normalized spacial score (nSPS) is 10.5. The van der Waals surface area contributed by atoms with Crippen molar-refractivity contribution in [2.24, 2.45) is 0 Å². The van der Waals surface area contributed by atoms with Crippen LogP contribution in [0.25, 0.3) is 11.1 Å². The third kappa shape index (κ3) is 2.73. The van der Waals surface area contributed by atoms with Crippen LogP contribution in [0.3, 0.4) is 0 Å². The van der Waals surface area contributed by atoms with E-state index in [0.717, 1.165) is 15.6 Å². The second-order valence-corrected chi connectivity index (χ2v) is 4.68. The topological polar surface area (TPSA) is 12.0 Å². The van der Waals surface area contributed by atoms with Gasteiger partial charge in [-0.1, -0.05) is 46.3 Å². The molecule has 2 rings (SSSR count). The van der Waals surface area contributed by atoms with Crippen molar-refractivity contribution >= 4 is 15.9 Å². The number of benzene rings is 2. The third-order valence-electron chi connectivity index (χ3n) is 2.58. The summed E-state index contributed by atoms with van der Waals surface area (Å²) < 4.78 is 14.9. The van der Waals surface area contributed by atoms with Crippen LogP contribution in [0.1, 0.15) is 5.56 Å². The molecule has 0 aliphatic rings. The molecule has 0 spiro atoms. The number of nitrogens with one attached hydrogen (secondary N) is 1. The first-order valence-electron chi connectivity index (χ1n) is 5.40. The number of hydrogen-bond acceptors (Lipinski definition) is 1. The first-order chi connectivity index (χ1) is 8.22. The first kappa shape index (κ1) is 12.3. The molecule has 0 saturated carbocycles. The number of hydrogen-bond donors (Lipinski definition) is 1. The quantitative estimate of drug-likeness (QED) is 0.903. The maximum absolute atomic E-state index is 14.0. The van der Waals surface area contributed by atoms with Crippen molar-refractivity contribution in [3.05, 3.63) is 58.3 Å². The summed E-state index contributed by atoms with van der Waals surface area (Å²) in [5.74, 6) is -0.190. The Morgan fingerprint density at radius 3 is 2.53 bits per heavy atom. The fourth-order valence-corrected chi connectivity index (χ4v) is 2.27. The molecule has 3 heteroatoms. The Hall–Kier alpha value is -1.19. The zero-order valence-electron chi connectivity index (χ0n) is 9.50. The molecule has 0 radical (unpaired) electrons. The Bertz CT molecular complexity index is 525. The first-order valence-corrected chi connectivity index (χ1v) is 6.19. The van der Waals surface area contributed by atoms with Crippen LogP contribution in [0.15, 0.2) is 46.9 Å². The van der Waals surface area contributed by atoms with Gasteiger partial charge in [0.25, 0.3) is 0 Å². The lowest BCUT2D eigenvalue weighted by molar-refractivity contribution is 0.627. The average Bonchev–Trinajstić information content (AvgIpc) is 2.31. The van der Waals surface area contributed by atoms with Gasteiger partial charge in [0.2, 0.25) is 0 Å². The van der Waals surface area contributed by atoms with E-state index in [4.69, 9.17) is 0 Å². The minimum Gasteiger partial charge on any atom is -0.316 e. The molecule has 1 N–H and O–H groups in total. The van der Waals surface area contributed by atoms with Crippen LogP contribution >= 0.6 is 15.9 Å². The van der Waals surface area contributed by atoms with Gasteiger partial charge in [0.15, 0.2) is 0 Å². The molecule has 2 aromatic rings. The summed E-state index contributed by atoms with van der Waals surface area (Å²) in [7, 11) is 1.85. The van der Waals surface area contributed by atoms with Crippen LogP contribution in [-0.2, 0) is 6.54 Å². The summed E-state index contributed by atoms with van der Waals surface area (Å²) in [5, 5.41) is 3.01. The molecule has 0 amide bonds. The SMILES string of the molecule is CNCc1ccc(-c2ccccc2Br)c(F)c1. The Labute approximate surface area is 109 Å². The highest BCUT2D eigenvalue weighted by atomic mass is 79.9. The van der Waals surface area contributed by atoms with Gasteiger partial charge in [-0.15, -0.1) is 0 Å². The molecule has 0 aromatic heterocycles. The summed E-state index contributed by atoms with van der Waals surface area (Å²) in [4.78, 5) is 0. The summed E-state index contributed by atoms with van der Waals surface area (Å²) >= 11 is 3.44. The Kier molecular flexibility index (Phi) is 3.92. The predicted octanol–water partition coefficient (Wildman–Crippen LogP) is 3.97. The number of halogens is 2. The van der Waals surface area contributed by atoms with Gasteiger partial charge in [0.05, 0.1) is 0 Å². The summed E-state index contributed by atoms with van der Waals surface area (Å²) in [6, 6.07) is 13.0. The van der Waals surface area contributed by atoms with Gasteiger partial charge < -0.3 is 5.32 Å². The molecule has 0 atom stereocenters. The monoisotopic (exact) mass is 293 g/mol. The minimum atomic E-state index is -0.190. The van der Waals surface area contributed by atoms with E-state index in [1.165, 1.54) is 0 Å². The summed E-state index contributed by atoms with van der Waals surface area (Å²) in [6.45, 7) is 0.674. The van der Waals surface area contributed by atoms with Crippen molar-refractivity contribution in [3.63, 3.8) is 0 Å². The molecular formula is C14H13BrFN. The molecule has 2 aromatic carbocycles. The van der Waals surface area contributed by atoms with Crippen molar-refractivity contribution in [2.75, 3.05) is 7.05 Å². The molecule has 0 bridgehead atoms. The van der Waals surface area contributed by atoms with Gasteiger partial charge in [-0.25, -0.2) is 4.39 Å². The Morgan fingerprint density at radius 1 is 1.12 bits per heavy atom. The van der Waals surface area contributed by atoms with Crippen LogP contribution in [0, 0.1) is 5.82 Å². The van der Waals surface area contributed by atoms with Crippen molar-refractivity contribution in [3.8, 4) is 11.1 Å². The molecule has 0 saturated heterocycles. The van der Waals surface area contributed by atoms with Crippen LogP contribution in [0.2, 0.25) is 0 Å². The lowest BCUT2D eigenvalue weighted by Gasteiger charge is -2.08. The van der Waals surface area contributed by atoms with Gasteiger partial charge in [-0.2, -0.15) is 0 Å². The van der Waals surface area contributed by atoms with Gasteiger partial charge in [-0.3, -0.25) is 0 Å². The van der Waals surface area contributed by atoms with E-state index < -0.39 is 0 Å². The van der Waals surface area contributed by atoms with E-state index >= 15 is 0 Å². The van der Waals surface area contributed by atoms with E-state index in [0.29, 0.717) is 12.1 Å². The van der Waals surface area contributed by atoms with E-state index in [2.05, 4.69) is 21.2 Å². The molecule has 0 unspecified atom stereocenters. The molecule has 0 aliphatic carbocycles. The summed E-state index contributed by atoms with van der Waals surface area (Å²) in [5.41, 5.74) is 2.44. The lowest BCUT2D eigenvalue weighted by atomic mass is 10.0. The van der Waals surface area contributed by atoms with E-state index in [1.54, 1.807) is 6.07 Å². The van der Waals surface area contributed by atoms with Crippen LogP contribution in [0.4, 0.5) is 4.39 Å². The Balaban J connectivity index is 2.44. The molecule has 17 heavy (non-hydrogen) atoms. The smallest absolute Gasteiger partial charge is 0.131 e. The van der Waals surface area contributed by atoms with Crippen LogP contribution < -0.4 is 5.32 Å². The van der Waals surface area contributed by atoms with Gasteiger partial charge in [-0.05, 0) is 30.3 Å². The van der Waals surface area contributed by atoms with Gasteiger partial charge in [0.1, 0.15) is 5.82 Å². The van der Waals surface area contributed by atoms with E-state index in [1.807, 2.05) is 43.4 Å². The molecule has 0 heterocycles. The second-order valence-electron chi connectivity index (χ2n) is 3.82. The average molecular weight is 294 g/mol. The third-order valence-corrected chi connectivity index (χ3v) is 3.27. The zero-order chi connectivity index (χ0) is 12.3. The largest absolute Gasteiger partial charge is 0.316 e. The van der Waals surface area contributed by atoms with Gasteiger partial charge >= 0.3 is 0 Å². The Morgan fingerprint density at radius 2 is 1.88 bits per heavy atom. The van der Waals surface area contributed by atoms with Crippen molar-refractivity contribution in [1.82, 2.24) is 5.32 Å². The molecule has 0 aliphatic heterocycles. The lowest BCUT2D eigenvalue weighted by Crippen LogP contribution is -2.05. The minimum absolute atomic E-state index is 0.190. The highest BCUT2D eigenvalue weighted by molar-refractivity contribution is 9.10. The fourth-order valence-electron chi connectivity index (χ4n) is 1.77. The van der Waals surface area contributed by atoms with Crippen LogP contribution in [-0.4, -0.2) is 7.05 Å². The van der Waals surface area contributed by atoms with E-state index in [9.17, 15) is 4.39 Å². The van der Waals surface area contributed by atoms with Crippen molar-refractivity contribution in [2.45, 2.75) is 6.54 Å². The predicted molar refractivity (Wildman–Crippen MR) is 72.3 cm³/mol. The standard InChI is InChI=1S/C14H13BrFN/c1-17-9-10-6-7-12(14(16)8-10)11-4-2-3-5-13(11)15/h2-8,17H,9H2,1H3. The molecule has 88 valence electrons. The molecule has 1 nitrogen and oxygen atoms in total. The highest BCUT2D eigenvalue weighted by Gasteiger charge is 2.08. The maximum atomic E-state index is 14.0. The fraction of sp³-hybridized carbons (Fsp3) is 0.143.